The quantitative estimate of drug-likeness (QED) is 0.905. The summed E-state index contributed by atoms with van der Waals surface area (Å²) in [5, 5.41) is 0. The molecule has 0 spiro atoms. The van der Waals surface area contributed by atoms with Crippen LogP contribution >= 0.6 is 0 Å². The van der Waals surface area contributed by atoms with Crippen LogP contribution in [-0.2, 0) is 13.0 Å². The van der Waals surface area contributed by atoms with Gasteiger partial charge in [0.05, 0.1) is 6.61 Å². The third-order valence-electron chi connectivity index (χ3n) is 4.45. The Morgan fingerprint density at radius 2 is 2.37 bits per heavy atom. The number of likely N-dealkylation sites (tertiary alicyclic amines) is 1. The summed E-state index contributed by atoms with van der Waals surface area (Å²) in [5.41, 5.74) is 8.84. The number of nitrogens with two attached hydrogens (primary N) is 1. The minimum atomic E-state index is 0.316. The van der Waals surface area contributed by atoms with E-state index in [1.165, 1.54) is 30.5 Å². The molecule has 3 heteroatoms. The summed E-state index contributed by atoms with van der Waals surface area (Å²) in [4.78, 5) is 2.55. The molecule has 1 aromatic rings. The third kappa shape index (κ3) is 2.93. The molecule has 0 aliphatic carbocycles. The van der Waals surface area contributed by atoms with Crippen molar-refractivity contribution in [1.29, 1.82) is 0 Å². The Morgan fingerprint density at radius 3 is 3.21 bits per heavy atom. The zero-order valence-electron chi connectivity index (χ0n) is 11.8. The van der Waals surface area contributed by atoms with Crippen molar-refractivity contribution in [1.82, 2.24) is 4.90 Å². The lowest BCUT2D eigenvalue weighted by molar-refractivity contribution is 0.154. The molecule has 3 rings (SSSR count). The highest BCUT2D eigenvalue weighted by atomic mass is 16.5. The molecule has 2 heterocycles. The first-order valence-electron chi connectivity index (χ1n) is 7.45. The minimum absolute atomic E-state index is 0.316. The molecule has 3 nitrogen and oxygen atoms in total. The Bertz CT molecular complexity index is 444. The number of benzene rings is 1. The van der Waals surface area contributed by atoms with E-state index in [2.05, 4.69) is 30.0 Å². The maximum absolute atomic E-state index is 6.05. The molecule has 2 atom stereocenters. The molecule has 2 aliphatic rings. The van der Waals surface area contributed by atoms with Crippen molar-refractivity contribution >= 4 is 0 Å². The maximum atomic E-state index is 6.05. The maximum Gasteiger partial charge on any atom is 0.122 e. The Kier molecular flexibility index (Phi) is 3.76. The standard InChI is InChI=1S/C16H24N2O/c1-12(17)15-3-2-7-18(11-15)10-13-4-5-16-14(9-13)6-8-19-16/h4-5,9,12,15H,2-3,6-8,10-11,17H2,1H3. The van der Waals surface area contributed by atoms with Crippen LogP contribution in [0.2, 0.25) is 0 Å². The van der Waals surface area contributed by atoms with Crippen LogP contribution in [0, 0.1) is 5.92 Å². The van der Waals surface area contributed by atoms with Crippen molar-refractivity contribution in [2.24, 2.45) is 11.7 Å². The van der Waals surface area contributed by atoms with Crippen LogP contribution < -0.4 is 10.5 Å². The Labute approximate surface area is 115 Å². The number of ether oxygens (including phenoxy) is 1. The fourth-order valence-electron chi connectivity index (χ4n) is 3.26. The van der Waals surface area contributed by atoms with Gasteiger partial charge in [-0.15, -0.1) is 0 Å². The molecule has 1 saturated heterocycles. The van der Waals surface area contributed by atoms with Gasteiger partial charge >= 0.3 is 0 Å². The van der Waals surface area contributed by atoms with Gasteiger partial charge in [0.2, 0.25) is 0 Å². The molecule has 0 radical (unpaired) electrons. The Morgan fingerprint density at radius 1 is 1.47 bits per heavy atom. The van der Waals surface area contributed by atoms with Gasteiger partial charge in [0.1, 0.15) is 5.75 Å². The SMILES string of the molecule is CC(N)C1CCCN(Cc2ccc3c(c2)CCO3)C1. The summed E-state index contributed by atoms with van der Waals surface area (Å²) < 4.78 is 5.56. The van der Waals surface area contributed by atoms with E-state index in [0.29, 0.717) is 12.0 Å². The molecule has 0 amide bonds. The zero-order chi connectivity index (χ0) is 13.2. The minimum Gasteiger partial charge on any atom is -0.493 e. The lowest BCUT2D eigenvalue weighted by Gasteiger charge is -2.34. The van der Waals surface area contributed by atoms with Gasteiger partial charge in [0.15, 0.2) is 0 Å². The fourth-order valence-corrected chi connectivity index (χ4v) is 3.26. The molecule has 1 fully saturated rings. The van der Waals surface area contributed by atoms with Gasteiger partial charge < -0.3 is 10.5 Å². The van der Waals surface area contributed by atoms with Crippen LogP contribution in [0.5, 0.6) is 5.75 Å². The van der Waals surface area contributed by atoms with E-state index in [-0.39, 0.29) is 0 Å². The van der Waals surface area contributed by atoms with Gasteiger partial charge in [-0.2, -0.15) is 0 Å². The zero-order valence-corrected chi connectivity index (χ0v) is 11.8. The van der Waals surface area contributed by atoms with Crippen LogP contribution in [0.3, 0.4) is 0 Å². The van der Waals surface area contributed by atoms with Gasteiger partial charge in [0.25, 0.3) is 0 Å². The van der Waals surface area contributed by atoms with Crippen molar-refractivity contribution in [2.75, 3.05) is 19.7 Å². The number of hydrogen-bond acceptors (Lipinski definition) is 3. The van der Waals surface area contributed by atoms with Crippen LogP contribution in [-0.4, -0.2) is 30.6 Å². The van der Waals surface area contributed by atoms with E-state index >= 15 is 0 Å². The van der Waals surface area contributed by atoms with Gasteiger partial charge in [-0.3, -0.25) is 4.90 Å². The van der Waals surface area contributed by atoms with Crippen molar-refractivity contribution < 1.29 is 4.74 Å². The number of nitrogens with zero attached hydrogens (tertiary/aromatic N) is 1. The summed E-state index contributed by atoms with van der Waals surface area (Å²) >= 11 is 0. The van der Waals surface area contributed by atoms with Crippen molar-refractivity contribution in [2.45, 2.75) is 38.8 Å². The van der Waals surface area contributed by atoms with E-state index in [1.54, 1.807) is 0 Å². The largest absolute Gasteiger partial charge is 0.493 e. The summed E-state index contributed by atoms with van der Waals surface area (Å²) in [6, 6.07) is 6.97. The Hall–Kier alpha value is -1.06. The summed E-state index contributed by atoms with van der Waals surface area (Å²) in [6.45, 7) is 6.38. The summed E-state index contributed by atoms with van der Waals surface area (Å²) in [6.07, 6.45) is 3.62. The first kappa shape index (κ1) is 12.9. The molecule has 0 bridgehead atoms. The van der Waals surface area contributed by atoms with Crippen LogP contribution in [0.15, 0.2) is 18.2 Å². The molecule has 2 aliphatic heterocycles. The Balaban J connectivity index is 1.64. The highest BCUT2D eigenvalue weighted by Gasteiger charge is 2.23. The second kappa shape index (κ2) is 5.51. The van der Waals surface area contributed by atoms with Crippen LogP contribution in [0.25, 0.3) is 0 Å². The summed E-state index contributed by atoms with van der Waals surface area (Å²) in [7, 11) is 0. The van der Waals surface area contributed by atoms with Crippen molar-refractivity contribution in [3.8, 4) is 5.75 Å². The number of fused-ring (bicyclic) bond motifs is 1. The average Bonchev–Trinajstić information content (AvgIpc) is 2.86. The van der Waals surface area contributed by atoms with Gasteiger partial charge in [-0.1, -0.05) is 12.1 Å². The number of rotatable bonds is 3. The van der Waals surface area contributed by atoms with Gasteiger partial charge in [-0.25, -0.2) is 0 Å². The van der Waals surface area contributed by atoms with Crippen molar-refractivity contribution in [3.05, 3.63) is 29.3 Å². The molecule has 104 valence electrons. The van der Waals surface area contributed by atoms with E-state index in [9.17, 15) is 0 Å². The van der Waals surface area contributed by atoms with Gasteiger partial charge in [-0.05, 0) is 49.4 Å². The highest BCUT2D eigenvalue weighted by molar-refractivity contribution is 5.39. The van der Waals surface area contributed by atoms with E-state index in [1.807, 2.05) is 0 Å². The second-order valence-corrected chi connectivity index (χ2v) is 6.04. The molecule has 2 unspecified atom stereocenters. The topological polar surface area (TPSA) is 38.5 Å². The number of piperidine rings is 1. The van der Waals surface area contributed by atoms with E-state index in [0.717, 1.165) is 31.9 Å². The van der Waals surface area contributed by atoms with E-state index < -0.39 is 0 Å². The third-order valence-corrected chi connectivity index (χ3v) is 4.45. The predicted molar refractivity (Wildman–Crippen MR) is 77.3 cm³/mol. The highest BCUT2D eigenvalue weighted by Crippen LogP contribution is 2.27. The molecule has 2 N–H and O–H groups in total. The molecular weight excluding hydrogens is 236 g/mol. The predicted octanol–water partition coefficient (Wildman–Crippen LogP) is 2.18. The lowest BCUT2D eigenvalue weighted by atomic mass is 9.92. The molecular formula is C16H24N2O. The molecule has 0 aromatic heterocycles. The van der Waals surface area contributed by atoms with Crippen LogP contribution in [0.1, 0.15) is 30.9 Å². The molecule has 0 saturated carbocycles. The smallest absolute Gasteiger partial charge is 0.122 e. The second-order valence-electron chi connectivity index (χ2n) is 6.04. The lowest BCUT2D eigenvalue weighted by Crippen LogP contribution is -2.41. The molecule has 19 heavy (non-hydrogen) atoms. The average molecular weight is 260 g/mol. The fraction of sp³-hybridized carbons (Fsp3) is 0.625. The molecule has 1 aromatic carbocycles. The number of hydrogen-bond donors (Lipinski definition) is 1. The first-order valence-corrected chi connectivity index (χ1v) is 7.45. The normalized spacial score (nSPS) is 24.8. The van der Waals surface area contributed by atoms with Crippen LogP contribution in [0.4, 0.5) is 0 Å². The first-order chi connectivity index (χ1) is 9.22. The van der Waals surface area contributed by atoms with E-state index in [4.69, 9.17) is 10.5 Å². The van der Waals surface area contributed by atoms with Gasteiger partial charge in [0, 0.05) is 25.6 Å². The monoisotopic (exact) mass is 260 g/mol. The van der Waals surface area contributed by atoms with Crippen molar-refractivity contribution in [3.63, 3.8) is 0 Å². The summed E-state index contributed by atoms with van der Waals surface area (Å²) in [5.74, 6) is 1.74.